The summed E-state index contributed by atoms with van der Waals surface area (Å²) < 4.78 is 29.3. The molecule has 0 aromatic heterocycles. The number of aryl methyl sites for hydroxylation is 2. The van der Waals surface area contributed by atoms with E-state index in [4.69, 9.17) is 0 Å². The molecule has 38 heavy (non-hydrogen) atoms. The molecule has 198 valence electrons. The zero-order chi connectivity index (χ0) is 27.4. The third-order valence-corrected chi connectivity index (χ3v) is 8.51. The lowest BCUT2D eigenvalue weighted by atomic mass is 9.99. The van der Waals surface area contributed by atoms with Crippen LogP contribution in [0.25, 0.3) is 5.70 Å². The fourth-order valence-electron chi connectivity index (χ4n) is 5.02. The molecule has 0 amide bonds. The first-order valence-electron chi connectivity index (χ1n) is 13.0. The Hall–Kier alpha value is -3.71. The van der Waals surface area contributed by atoms with E-state index in [0.717, 1.165) is 28.3 Å². The fraction of sp³-hybridized carbons (Fsp3) is 0.290. The highest BCUT2D eigenvalue weighted by molar-refractivity contribution is 7.89. The Balaban J connectivity index is 1.99. The minimum Gasteiger partial charge on any atom is -0.369 e. The molecule has 0 atom stereocenters. The molecule has 4 rings (SSSR count). The highest BCUT2D eigenvalue weighted by Gasteiger charge is 2.42. The van der Waals surface area contributed by atoms with Crippen LogP contribution in [0.2, 0.25) is 0 Å². The molecule has 0 radical (unpaired) electrons. The van der Waals surface area contributed by atoms with Gasteiger partial charge in [-0.25, -0.2) is 8.42 Å². The van der Waals surface area contributed by atoms with Crippen LogP contribution in [0.5, 0.6) is 0 Å². The molecular weight excluding hydrogens is 496 g/mol. The van der Waals surface area contributed by atoms with Gasteiger partial charge in [0.05, 0.1) is 17.1 Å². The van der Waals surface area contributed by atoms with Gasteiger partial charge in [0.2, 0.25) is 5.78 Å². The Morgan fingerprint density at radius 3 is 2.11 bits per heavy atom. The van der Waals surface area contributed by atoms with Gasteiger partial charge in [-0.1, -0.05) is 86.1 Å². The average molecular weight is 531 g/mol. The van der Waals surface area contributed by atoms with Gasteiger partial charge in [0.15, 0.2) is 5.78 Å². The van der Waals surface area contributed by atoms with Gasteiger partial charge in [-0.15, -0.1) is 0 Å². The van der Waals surface area contributed by atoms with Gasteiger partial charge in [0, 0.05) is 29.8 Å². The number of rotatable bonds is 10. The first-order valence-corrected chi connectivity index (χ1v) is 14.5. The van der Waals surface area contributed by atoms with Crippen molar-refractivity contribution in [2.75, 3.05) is 19.6 Å². The van der Waals surface area contributed by atoms with Crippen LogP contribution in [0, 0.1) is 13.8 Å². The summed E-state index contributed by atoms with van der Waals surface area (Å²) in [7, 11) is -4.20. The maximum absolute atomic E-state index is 14.2. The largest absolute Gasteiger partial charge is 0.369 e. The van der Waals surface area contributed by atoms with E-state index in [9.17, 15) is 18.0 Å². The smallest absolute Gasteiger partial charge is 0.265 e. The molecule has 1 heterocycles. The predicted octanol–water partition coefficient (Wildman–Crippen LogP) is 5.86. The monoisotopic (exact) mass is 530 g/mol. The lowest BCUT2D eigenvalue weighted by Gasteiger charge is -2.38. The average Bonchev–Trinajstić information content (AvgIpc) is 2.90. The molecular formula is C31H34N2O4S. The number of ketones is 2. The molecule has 7 heteroatoms. The lowest BCUT2D eigenvalue weighted by molar-refractivity contribution is 0.0956. The summed E-state index contributed by atoms with van der Waals surface area (Å²) in [5, 5.41) is 0. The molecule has 0 aliphatic carbocycles. The molecule has 6 nitrogen and oxygen atoms in total. The second-order valence-electron chi connectivity index (χ2n) is 9.63. The highest BCUT2D eigenvalue weighted by atomic mass is 32.2. The molecule has 0 N–H and O–H groups in total. The summed E-state index contributed by atoms with van der Waals surface area (Å²) in [6, 6.07) is 20.9. The van der Waals surface area contributed by atoms with E-state index < -0.39 is 22.4 Å². The normalized spacial score (nSPS) is 14.3. The number of hydrogen-bond acceptors (Lipinski definition) is 5. The molecule has 0 saturated heterocycles. The fourth-order valence-corrected chi connectivity index (χ4v) is 6.65. The summed E-state index contributed by atoms with van der Waals surface area (Å²) in [6.07, 6.45) is 1.62. The van der Waals surface area contributed by atoms with Crippen LogP contribution in [0.3, 0.4) is 0 Å². The van der Waals surface area contributed by atoms with Crippen LogP contribution >= 0.6 is 0 Å². The van der Waals surface area contributed by atoms with E-state index in [1.54, 1.807) is 60.7 Å². The SMILES string of the molecule is CCCN(CCC)C1=C(C(=O)c2ccccc2)N(CC(=O)c2ccc(C)cc2C)S(=O)(=O)c2ccccc21. The predicted molar refractivity (Wildman–Crippen MR) is 150 cm³/mol. The number of allylic oxidation sites excluding steroid dienone is 1. The van der Waals surface area contributed by atoms with Crippen LogP contribution in [-0.2, 0) is 10.0 Å². The van der Waals surface area contributed by atoms with Crippen molar-refractivity contribution in [3.8, 4) is 0 Å². The van der Waals surface area contributed by atoms with Crippen LogP contribution in [0.4, 0.5) is 0 Å². The quantitative estimate of drug-likeness (QED) is 0.307. The summed E-state index contributed by atoms with van der Waals surface area (Å²) in [5.74, 6) is -0.787. The van der Waals surface area contributed by atoms with Crippen LogP contribution in [0.15, 0.2) is 83.4 Å². The van der Waals surface area contributed by atoms with E-state index in [1.807, 2.05) is 26.0 Å². The maximum atomic E-state index is 14.2. The number of carbonyl (C=O) groups is 2. The molecule has 0 spiro atoms. The first kappa shape index (κ1) is 27.3. The van der Waals surface area contributed by atoms with E-state index >= 15 is 0 Å². The first-order chi connectivity index (χ1) is 18.2. The van der Waals surface area contributed by atoms with Gasteiger partial charge < -0.3 is 4.90 Å². The maximum Gasteiger partial charge on any atom is 0.265 e. The molecule has 1 aliphatic heterocycles. The van der Waals surface area contributed by atoms with Gasteiger partial charge in [-0.3, -0.25) is 13.9 Å². The van der Waals surface area contributed by atoms with Crippen molar-refractivity contribution in [3.05, 3.63) is 106 Å². The molecule has 0 fully saturated rings. The number of hydrogen-bond donors (Lipinski definition) is 0. The van der Waals surface area contributed by atoms with E-state index in [2.05, 4.69) is 18.7 Å². The van der Waals surface area contributed by atoms with Gasteiger partial charge in [0.1, 0.15) is 5.70 Å². The van der Waals surface area contributed by atoms with Crippen molar-refractivity contribution >= 4 is 27.3 Å². The van der Waals surface area contributed by atoms with Crippen LogP contribution < -0.4 is 0 Å². The second-order valence-corrected chi connectivity index (χ2v) is 11.5. The van der Waals surface area contributed by atoms with Crippen molar-refractivity contribution < 1.29 is 18.0 Å². The van der Waals surface area contributed by atoms with Crippen molar-refractivity contribution in [2.45, 2.75) is 45.4 Å². The van der Waals surface area contributed by atoms with Crippen molar-refractivity contribution in [3.63, 3.8) is 0 Å². The topological polar surface area (TPSA) is 74.8 Å². The minimum absolute atomic E-state index is 0.0231. The highest BCUT2D eigenvalue weighted by Crippen LogP contribution is 2.40. The lowest BCUT2D eigenvalue weighted by Crippen LogP contribution is -2.44. The van der Waals surface area contributed by atoms with Crippen LogP contribution in [-0.4, -0.2) is 48.8 Å². The Morgan fingerprint density at radius 2 is 1.47 bits per heavy atom. The number of carbonyl (C=O) groups excluding carboxylic acids is 2. The summed E-state index contributed by atoms with van der Waals surface area (Å²) >= 11 is 0. The van der Waals surface area contributed by atoms with Crippen molar-refractivity contribution in [1.29, 1.82) is 0 Å². The summed E-state index contributed by atoms with van der Waals surface area (Å²) in [4.78, 5) is 30.0. The van der Waals surface area contributed by atoms with Gasteiger partial charge >= 0.3 is 0 Å². The number of sulfonamides is 1. The Bertz CT molecular complexity index is 1490. The van der Waals surface area contributed by atoms with Crippen molar-refractivity contribution in [2.24, 2.45) is 0 Å². The molecule has 0 unspecified atom stereocenters. The molecule has 0 bridgehead atoms. The molecule has 0 saturated carbocycles. The van der Waals surface area contributed by atoms with E-state index in [0.29, 0.717) is 35.5 Å². The number of Topliss-reactive ketones (excluding diaryl/α,β-unsaturated/α-hetero) is 2. The van der Waals surface area contributed by atoms with Gasteiger partial charge in [-0.05, 0) is 38.3 Å². The Labute approximate surface area is 225 Å². The van der Waals surface area contributed by atoms with E-state index in [1.165, 1.54) is 0 Å². The van der Waals surface area contributed by atoms with Gasteiger partial charge in [-0.2, -0.15) is 0 Å². The Kier molecular flexibility index (Phi) is 8.17. The van der Waals surface area contributed by atoms with Crippen molar-refractivity contribution in [1.82, 2.24) is 9.21 Å². The zero-order valence-corrected chi connectivity index (χ0v) is 23.2. The summed E-state index contributed by atoms with van der Waals surface area (Å²) in [5.41, 5.74) is 3.66. The molecule has 3 aromatic carbocycles. The molecule has 3 aromatic rings. The standard InChI is InChI=1S/C31H34N2O4S/c1-5-18-32(19-6-2)29-26-14-10-11-15-28(26)38(36,37)33(30(29)31(35)24-12-8-7-9-13-24)21-27(34)25-17-16-22(3)20-23(25)4/h7-17,20H,5-6,18-19,21H2,1-4H3. The third kappa shape index (κ3) is 5.16. The van der Waals surface area contributed by atoms with E-state index in [-0.39, 0.29) is 16.4 Å². The number of benzene rings is 3. The third-order valence-electron chi connectivity index (χ3n) is 6.71. The minimum atomic E-state index is -4.20. The van der Waals surface area contributed by atoms with Gasteiger partial charge in [0.25, 0.3) is 10.0 Å². The zero-order valence-electron chi connectivity index (χ0n) is 22.4. The summed E-state index contributed by atoms with van der Waals surface area (Å²) in [6.45, 7) is 8.69. The number of fused-ring (bicyclic) bond motifs is 1. The second kappa shape index (κ2) is 11.4. The molecule has 1 aliphatic rings. The van der Waals surface area contributed by atoms with Crippen LogP contribution in [0.1, 0.15) is 64.1 Å². The Morgan fingerprint density at radius 1 is 0.842 bits per heavy atom. The number of nitrogens with zero attached hydrogens (tertiary/aromatic N) is 2.